The van der Waals surface area contributed by atoms with Crippen molar-refractivity contribution in [3.05, 3.63) is 45.4 Å². The van der Waals surface area contributed by atoms with E-state index >= 15 is 0 Å². The summed E-state index contributed by atoms with van der Waals surface area (Å²) in [5, 5.41) is 1.83. The third kappa shape index (κ3) is 1.92. The van der Waals surface area contributed by atoms with E-state index < -0.39 is 4.94 Å². The summed E-state index contributed by atoms with van der Waals surface area (Å²) in [6, 6.07) is 9.75. The lowest BCUT2D eigenvalue weighted by Gasteiger charge is -1.97. The maximum absolute atomic E-state index is 11.0. The molecule has 6 heteroatoms. The number of nitrogens with zero attached hydrogens (tertiary/aromatic N) is 2. The number of hydrogen-bond acceptors (Lipinski definition) is 6. The zero-order valence-electron chi connectivity index (χ0n) is 8.49. The lowest BCUT2D eigenvalue weighted by Crippen LogP contribution is -1.84. The van der Waals surface area contributed by atoms with Gasteiger partial charge in [0.1, 0.15) is 0 Å². The quantitative estimate of drug-likeness (QED) is 0.712. The van der Waals surface area contributed by atoms with Gasteiger partial charge in [0.15, 0.2) is 0 Å². The van der Waals surface area contributed by atoms with Gasteiger partial charge in [0.2, 0.25) is 5.89 Å². The van der Waals surface area contributed by atoms with Crippen molar-refractivity contribution in [1.82, 2.24) is 8.75 Å². The van der Waals surface area contributed by atoms with Crippen molar-refractivity contribution >= 4 is 23.1 Å². The standard InChI is InChI=1S/C11H6N2O2S2/c14-11-15-10(13-17-11)8-6-16-12-9(8)7-4-2-1-3-5-7/h1-6H. The third-order valence-electron chi connectivity index (χ3n) is 2.23. The van der Waals surface area contributed by atoms with Crippen LogP contribution in [0.1, 0.15) is 0 Å². The highest BCUT2D eigenvalue weighted by Gasteiger charge is 2.15. The van der Waals surface area contributed by atoms with Gasteiger partial charge in [-0.2, -0.15) is 4.37 Å². The van der Waals surface area contributed by atoms with Crippen LogP contribution in [0.3, 0.4) is 0 Å². The molecule has 0 aliphatic carbocycles. The summed E-state index contributed by atoms with van der Waals surface area (Å²) in [6.45, 7) is 0. The van der Waals surface area contributed by atoms with E-state index in [0.717, 1.165) is 28.4 Å². The average Bonchev–Trinajstić information content (AvgIpc) is 2.98. The Morgan fingerprint density at radius 1 is 1.12 bits per heavy atom. The highest BCUT2D eigenvalue weighted by atomic mass is 32.1. The van der Waals surface area contributed by atoms with Gasteiger partial charge in [-0.3, -0.25) is 0 Å². The van der Waals surface area contributed by atoms with Crippen molar-refractivity contribution < 1.29 is 4.42 Å². The smallest absolute Gasteiger partial charge is 0.394 e. The molecule has 0 radical (unpaired) electrons. The summed E-state index contributed by atoms with van der Waals surface area (Å²) < 4.78 is 13.3. The van der Waals surface area contributed by atoms with E-state index in [1.807, 2.05) is 35.7 Å². The van der Waals surface area contributed by atoms with Gasteiger partial charge < -0.3 is 4.42 Å². The minimum Gasteiger partial charge on any atom is -0.394 e. The normalized spacial score (nSPS) is 10.6. The molecule has 0 aliphatic heterocycles. The van der Waals surface area contributed by atoms with Crippen LogP contribution in [0.25, 0.3) is 22.7 Å². The highest BCUT2D eigenvalue weighted by molar-refractivity contribution is 7.04. The minimum absolute atomic E-state index is 0.340. The predicted octanol–water partition coefficient (Wildman–Crippen LogP) is 2.89. The monoisotopic (exact) mass is 262 g/mol. The summed E-state index contributed by atoms with van der Waals surface area (Å²) in [6.07, 6.45) is 0. The van der Waals surface area contributed by atoms with Crippen molar-refractivity contribution in [2.45, 2.75) is 0 Å². The van der Waals surface area contributed by atoms with E-state index in [-0.39, 0.29) is 0 Å². The first-order valence-corrected chi connectivity index (χ1v) is 6.42. The van der Waals surface area contributed by atoms with Gasteiger partial charge in [0.25, 0.3) is 0 Å². The molecule has 0 unspecified atom stereocenters. The maximum atomic E-state index is 11.0. The summed E-state index contributed by atoms with van der Waals surface area (Å²) in [7, 11) is 0. The average molecular weight is 262 g/mol. The molecular weight excluding hydrogens is 256 g/mol. The second kappa shape index (κ2) is 4.23. The van der Waals surface area contributed by atoms with Crippen molar-refractivity contribution in [1.29, 1.82) is 0 Å². The second-order valence-corrected chi connectivity index (χ2v) is 4.61. The topological polar surface area (TPSA) is 56.0 Å². The van der Waals surface area contributed by atoms with Crippen molar-refractivity contribution in [3.63, 3.8) is 0 Å². The zero-order chi connectivity index (χ0) is 11.7. The molecule has 0 bridgehead atoms. The van der Waals surface area contributed by atoms with Crippen LogP contribution in [-0.4, -0.2) is 8.75 Å². The Balaban J connectivity index is 2.15. The van der Waals surface area contributed by atoms with E-state index in [2.05, 4.69) is 8.75 Å². The van der Waals surface area contributed by atoms with Crippen LogP contribution in [0, 0.1) is 0 Å². The van der Waals surface area contributed by atoms with Crippen molar-refractivity contribution in [2.75, 3.05) is 0 Å². The Bertz CT molecular complexity index is 685. The molecule has 17 heavy (non-hydrogen) atoms. The molecule has 0 aliphatic rings. The molecule has 0 spiro atoms. The predicted molar refractivity (Wildman–Crippen MR) is 67.2 cm³/mol. The van der Waals surface area contributed by atoms with Gasteiger partial charge in [-0.1, -0.05) is 30.3 Å². The maximum Gasteiger partial charge on any atom is 0.414 e. The SMILES string of the molecule is O=c1oc(-c2csnc2-c2ccccc2)ns1. The fraction of sp³-hybridized carbons (Fsp3) is 0. The van der Waals surface area contributed by atoms with Crippen molar-refractivity contribution in [2.24, 2.45) is 0 Å². The van der Waals surface area contributed by atoms with Crippen LogP contribution >= 0.6 is 23.1 Å². The molecule has 1 aromatic carbocycles. The number of rotatable bonds is 2. The molecule has 0 saturated heterocycles. The van der Waals surface area contributed by atoms with Gasteiger partial charge >= 0.3 is 4.94 Å². The van der Waals surface area contributed by atoms with Gasteiger partial charge in [-0.15, -0.1) is 4.37 Å². The zero-order valence-corrected chi connectivity index (χ0v) is 10.1. The molecule has 0 amide bonds. The van der Waals surface area contributed by atoms with Gasteiger partial charge in [0.05, 0.1) is 22.8 Å². The highest BCUT2D eigenvalue weighted by Crippen LogP contribution is 2.31. The molecule has 3 aromatic rings. The van der Waals surface area contributed by atoms with E-state index in [0.29, 0.717) is 5.89 Å². The number of benzene rings is 1. The summed E-state index contributed by atoms with van der Waals surface area (Å²) in [4.78, 5) is 10.6. The lowest BCUT2D eigenvalue weighted by atomic mass is 10.1. The minimum atomic E-state index is -0.398. The Kier molecular flexibility index (Phi) is 2.58. The Morgan fingerprint density at radius 2 is 1.94 bits per heavy atom. The summed E-state index contributed by atoms with van der Waals surface area (Å²) >= 11 is 2.13. The summed E-state index contributed by atoms with van der Waals surface area (Å²) in [5.41, 5.74) is 2.54. The molecule has 2 aromatic heterocycles. The van der Waals surface area contributed by atoms with Gasteiger partial charge in [-0.25, -0.2) is 4.79 Å². The van der Waals surface area contributed by atoms with E-state index in [9.17, 15) is 4.79 Å². The molecule has 0 N–H and O–H groups in total. The Morgan fingerprint density at radius 3 is 2.65 bits per heavy atom. The first-order valence-electron chi connectivity index (χ1n) is 4.81. The Hall–Kier alpha value is -1.79. The van der Waals surface area contributed by atoms with Crippen molar-refractivity contribution in [3.8, 4) is 22.7 Å². The number of hydrogen-bond donors (Lipinski definition) is 0. The first-order chi connectivity index (χ1) is 8.34. The molecule has 2 heterocycles. The molecule has 4 nitrogen and oxygen atoms in total. The largest absolute Gasteiger partial charge is 0.414 e. The molecule has 84 valence electrons. The van der Waals surface area contributed by atoms with Gasteiger partial charge in [-0.05, 0) is 11.5 Å². The Labute approximate surface area is 105 Å². The first kappa shape index (κ1) is 10.4. The third-order valence-corrected chi connectivity index (χ3v) is 3.35. The van der Waals surface area contributed by atoms with Crippen LogP contribution in [0.15, 0.2) is 44.9 Å². The van der Waals surface area contributed by atoms with Crippen LogP contribution in [0.5, 0.6) is 0 Å². The van der Waals surface area contributed by atoms with Crippen LogP contribution in [0.2, 0.25) is 0 Å². The van der Waals surface area contributed by atoms with Crippen LogP contribution in [-0.2, 0) is 0 Å². The van der Waals surface area contributed by atoms with E-state index in [1.165, 1.54) is 11.5 Å². The van der Waals surface area contributed by atoms with E-state index in [4.69, 9.17) is 4.42 Å². The second-order valence-electron chi connectivity index (χ2n) is 3.28. The molecule has 0 atom stereocenters. The van der Waals surface area contributed by atoms with Crippen LogP contribution in [0.4, 0.5) is 0 Å². The fourth-order valence-electron chi connectivity index (χ4n) is 1.49. The van der Waals surface area contributed by atoms with E-state index in [1.54, 1.807) is 0 Å². The molecule has 0 saturated carbocycles. The fourth-order valence-corrected chi connectivity index (χ4v) is 2.58. The van der Waals surface area contributed by atoms with Crippen LogP contribution < -0.4 is 4.94 Å². The number of aromatic nitrogens is 2. The molecule has 0 fully saturated rings. The molecule has 3 rings (SSSR count). The summed E-state index contributed by atoms with van der Waals surface area (Å²) in [5.74, 6) is 0.340. The lowest BCUT2D eigenvalue weighted by molar-refractivity contribution is 0.543. The molecular formula is C11H6N2O2S2. The van der Waals surface area contributed by atoms with Gasteiger partial charge in [0, 0.05) is 10.9 Å².